The molecule has 0 bridgehead atoms. The fraction of sp³-hybridized carbons (Fsp3) is 0.824. The summed E-state index contributed by atoms with van der Waals surface area (Å²) in [5.41, 5.74) is -0.710. The van der Waals surface area contributed by atoms with Crippen molar-refractivity contribution in [1.29, 1.82) is 0 Å². The van der Waals surface area contributed by atoms with Gasteiger partial charge in [-0.25, -0.2) is 4.79 Å². The SMILES string of the molecule is CC1NCCN(C(=O)CN2C(=O)N(C)C3(CCCCC3)C2=O)C1C.Cl. The van der Waals surface area contributed by atoms with Crippen LogP contribution in [0.3, 0.4) is 0 Å². The third-order valence-corrected chi connectivity index (χ3v) is 6.13. The smallest absolute Gasteiger partial charge is 0.327 e. The number of piperazine rings is 1. The van der Waals surface area contributed by atoms with Gasteiger partial charge >= 0.3 is 6.03 Å². The Morgan fingerprint density at radius 1 is 1.20 bits per heavy atom. The normalized spacial score (nSPS) is 29.2. The van der Waals surface area contributed by atoms with Gasteiger partial charge in [0.05, 0.1) is 0 Å². The number of nitrogens with one attached hydrogen (secondary N) is 1. The van der Waals surface area contributed by atoms with E-state index >= 15 is 0 Å². The average Bonchev–Trinajstić information content (AvgIpc) is 2.74. The first-order valence-electron chi connectivity index (χ1n) is 9.01. The monoisotopic (exact) mass is 372 g/mol. The summed E-state index contributed by atoms with van der Waals surface area (Å²) < 4.78 is 0. The van der Waals surface area contributed by atoms with Gasteiger partial charge in [0.1, 0.15) is 12.1 Å². The van der Waals surface area contributed by atoms with Crippen LogP contribution in [-0.4, -0.2) is 76.8 Å². The van der Waals surface area contributed by atoms with Crippen LogP contribution in [0.1, 0.15) is 46.0 Å². The van der Waals surface area contributed by atoms with Crippen molar-refractivity contribution in [3.05, 3.63) is 0 Å². The van der Waals surface area contributed by atoms with E-state index in [1.807, 2.05) is 13.8 Å². The summed E-state index contributed by atoms with van der Waals surface area (Å²) in [6.07, 6.45) is 4.43. The van der Waals surface area contributed by atoms with Crippen molar-refractivity contribution in [3.63, 3.8) is 0 Å². The minimum atomic E-state index is -0.710. The molecule has 4 amide bonds. The molecule has 25 heavy (non-hydrogen) atoms. The van der Waals surface area contributed by atoms with Gasteiger partial charge in [-0.15, -0.1) is 12.4 Å². The minimum absolute atomic E-state index is 0. The molecule has 2 heterocycles. The van der Waals surface area contributed by atoms with Crippen LogP contribution in [0, 0.1) is 0 Å². The van der Waals surface area contributed by atoms with Crippen LogP contribution in [0.2, 0.25) is 0 Å². The Labute approximate surface area is 155 Å². The summed E-state index contributed by atoms with van der Waals surface area (Å²) in [6.45, 7) is 5.25. The molecule has 2 aliphatic heterocycles. The Morgan fingerprint density at radius 2 is 1.84 bits per heavy atom. The highest BCUT2D eigenvalue weighted by Gasteiger charge is 2.56. The number of rotatable bonds is 2. The van der Waals surface area contributed by atoms with Gasteiger partial charge in [-0.1, -0.05) is 19.3 Å². The van der Waals surface area contributed by atoms with Crippen molar-refractivity contribution in [3.8, 4) is 0 Å². The van der Waals surface area contributed by atoms with Crippen LogP contribution in [-0.2, 0) is 9.59 Å². The Kier molecular flexibility index (Phi) is 5.99. The quantitative estimate of drug-likeness (QED) is 0.739. The average molecular weight is 373 g/mol. The van der Waals surface area contributed by atoms with E-state index in [2.05, 4.69) is 5.32 Å². The fourth-order valence-corrected chi connectivity index (χ4v) is 4.31. The molecule has 1 spiro atoms. The summed E-state index contributed by atoms with van der Waals surface area (Å²) in [6, 6.07) is -0.0634. The molecule has 3 fully saturated rings. The van der Waals surface area contributed by atoms with Crippen molar-refractivity contribution >= 4 is 30.3 Å². The minimum Gasteiger partial charge on any atom is -0.336 e. The number of halogens is 1. The molecular weight excluding hydrogens is 344 g/mol. The lowest BCUT2D eigenvalue weighted by Gasteiger charge is -2.39. The zero-order chi connectivity index (χ0) is 17.5. The van der Waals surface area contributed by atoms with Crippen molar-refractivity contribution in [2.75, 3.05) is 26.7 Å². The number of urea groups is 1. The molecule has 142 valence electrons. The first-order chi connectivity index (χ1) is 11.4. The van der Waals surface area contributed by atoms with Gasteiger partial charge in [0.15, 0.2) is 0 Å². The standard InChI is InChI=1S/C17H28N4O3.ClH/c1-12-13(2)20(10-9-18-12)14(22)11-21-15(23)17(19(3)16(21)24)7-5-4-6-8-17;/h12-13,18H,4-11H2,1-3H3;1H. The zero-order valence-electron chi connectivity index (χ0n) is 15.3. The van der Waals surface area contributed by atoms with Gasteiger partial charge < -0.3 is 15.1 Å². The molecule has 1 aliphatic carbocycles. The van der Waals surface area contributed by atoms with Crippen LogP contribution >= 0.6 is 12.4 Å². The van der Waals surface area contributed by atoms with Crippen LogP contribution in [0.15, 0.2) is 0 Å². The highest BCUT2D eigenvalue weighted by Crippen LogP contribution is 2.39. The molecule has 0 aromatic heterocycles. The number of hydrogen-bond donors (Lipinski definition) is 1. The molecule has 0 aromatic carbocycles. The zero-order valence-corrected chi connectivity index (χ0v) is 16.1. The number of imide groups is 1. The van der Waals surface area contributed by atoms with E-state index in [0.29, 0.717) is 19.4 Å². The van der Waals surface area contributed by atoms with Gasteiger partial charge in [0.2, 0.25) is 5.91 Å². The van der Waals surface area contributed by atoms with Gasteiger partial charge in [-0.3, -0.25) is 14.5 Å². The van der Waals surface area contributed by atoms with Crippen LogP contribution in [0.25, 0.3) is 0 Å². The van der Waals surface area contributed by atoms with Gasteiger partial charge in [0, 0.05) is 32.2 Å². The second-order valence-corrected chi connectivity index (χ2v) is 7.40. The van der Waals surface area contributed by atoms with Crippen molar-refractivity contribution in [2.24, 2.45) is 0 Å². The number of carbonyl (C=O) groups is 3. The Balaban J connectivity index is 0.00000225. The lowest BCUT2D eigenvalue weighted by atomic mass is 9.81. The molecule has 2 atom stereocenters. The van der Waals surface area contributed by atoms with E-state index in [0.717, 1.165) is 25.8 Å². The Bertz CT molecular complexity index is 550. The maximum atomic E-state index is 12.9. The van der Waals surface area contributed by atoms with Crippen LogP contribution in [0.4, 0.5) is 4.79 Å². The first kappa shape index (κ1) is 20.0. The molecule has 3 rings (SSSR count). The van der Waals surface area contributed by atoms with E-state index in [4.69, 9.17) is 0 Å². The summed E-state index contributed by atoms with van der Waals surface area (Å²) in [4.78, 5) is 42.8. The molecule has 1 saturated carbocycles. The highest BCUT2D eigenvalue weighted by atomic mass is 35.5. The van der Waals surface area contributed by atoms with Gasteiger partial charge in [-0.2, -0.15) is 0 Å². The molecule has 1 N–H and O–H groups in total. The lowest BCUT2D eigenvalue weighted by Crippen LogP contribution is -2.59. The summed E-state index contributed by atoms with van der Waals surface area (Å²) in [5.74, 6) is -0.322. The number of nitrogens with zero attached hydrogens (tertiary/aromatic N) is 3. The Morgan fingerprint density at radius 3 is 2.48 bits per heavy atom. The van der Waals surface area contributed by atoms with Crippen molar-refractivity contribution in [1.82, 2.24) is 20.0 Å². The predicted octanol–water partition coefficient (Wildman–Crippen LogP) is 1.21. The maximum absolute atomic E-state index is 12.9. The summed E-state index contributed by atoms with van der Waals surface area (Å²) >= 11 is 0. The topological polar surface area (TPSA) is 73.0 Å². The number of carbonyl (C=O) groups excluding carboxylic acids is 3. The fourth-order valence-electron chi connectivity index (χ4n) is 4.31. The predicted molar refractivity (Wildman–Crippen MR) is 96.6 cm³/mol. The molecule has 2 unspecified atom stereocenters. The summed E-state index contributed by atoms with van der Waals surface area (Å²) in [5, 5.41) is 3.33. The third-order valence-electron chi connectivity index (χ3n) is 6.13. The van der Waals surface area contributed by atoms with Gasteiger partial charge in [-0.05, 0) is 26.7 Å². The van der Waals surface area contributed by atoms with E-state index in [1.54, 1.807) is 16.8 Å². The molecule has 7 nitrogen and oxygen atoms in total. The Hall–Kier alpha value is -1.34. The second kappa shape index (κ2) is 7.50. The number of hydrogen-bond acceptors (Lipinski definition) is 4. The molecule has 0 radical (unpaired) electrons. The van der Waals surface area contributed by atoms with E-state index in [1.165, 1.54) is 4.90 Å². The number of likely N-dealkylation sites (N-methyl/N-ethyl adjacent to an activating group) is 1. The molecule has 2 saturated heterocycles. The second-order valence-electron chi connectivity index (χ2n) is 7.40. The number of amides is 4. The summed E-state index contributed by atoms with van der Waals surface area (Å²) in [7, 11) is 1.70. The largest absolute Gasteiger partial charge is 0.336 e. The van der Waals surface area contributed by atoms with E-state index in [9.17, 15) is 14.4 Å². The van der Waals surface area contributed by atoms with Gasteiger partial charge in [0.25, 0.3) is 5.91 Å². The van der Waals surface area contributed by atoms with Crippen LogP contribution in [0.5, 0.6) is 0 Å². The van der Waals surface area contributed by atoms with Crippen molar-refractivity contribution in [2.45, 2.75) is 63.6 Å². The molecule has 0 aromatic rings. The molecular formula is C17H29ClN4O3. The molecule has 8 heteroatoms. The van der Waals surface area contributed by atoms with Crippen LogP contribution < -0.4 is 5.32 Å². The van der Waals surface area contributed by atoms with Crippen molar-refractivity contribution < 1.29 is 14.4 Å². The maximum Gasteiger partial charge on any atom is 0.327 e. The van der Waals surface area contributed by atoms with E-state index in [-0.39, 0.29) is 48.9 Å². The third kappa shape index (κ3) is 3.24. The lowest BCUT2D eigenvalue weighted by molar-refractivity contribution is -0.142. The molecule has 3 aliphatic rings. The first-order valence-corrected chi connectivity index (χ1v) is 9.01. The van der Waals surface area contributed by atoms with E-state index < -0.39 is 5.54 Å². The highest BCUT2D eigenvalue weighted by molar-refractivity contribution is 6.09.